The Labute approximate surface area is 147 Å². The highest BCUT2D eigenvalue weighted by atomic mass is 16.3. The van der Waals surface area contributed by atoms with Crippen LogP contribution in [-0.2, 0) is 0 Å². The second-order valence-electron chi connectivity index (χ2n) is 6.47. The van der Waals surface area contributed by atoms with Crippen LogP contribution in [0.4, 0.5) is 0 Å². The summed E-state index contributed by atoms with van der Waals surface area (Å²) < 4.78 is 0. The Kier molecular flexibility index (Phi) is 11.6. The number of allylic oxidation sites excluding steroid dienone is 3. The minimum Gasteiger partial charge on any atom is -0.504 e. The van der Waals surface area contributed by atoms with Crippen molar-refractivity contribution in [2.45, 2.75) is 77.6 Å². The number of para-hydroxylation sites is 1. The van der Waals surface area contributed by atoms with Gasteiger partial charge in [0, 0.05) is 5.56 Å². The van der Waals surface area contributed by atoms with Crippen molar-refractivity contribution < 1.29 is 10.2 Å². The first kappa shape index (κ1) is 20.3. The summed E-state index contributed by atoms with van der Waals surface area (Å²) in [5.74, 6) is -0.136. The SMILES string of the molecule is CCCCCCCCCCCCC=CC=Cc1cccc(O)c1O. The molecule has 2 N–H and O–H groups in total. The molecular weight excluding hydrogens is 296 g/mol. The van der Waals surface area contributed by atoms with Crippen molar-refractivity contribution in [3.8, 4) is 11.5 Å². The lowest BCUT2D eigenvalue weighted by atomic mass is 10.1. The van der Waals surface area contributed by atoms with Crippen LogP contribution in [0.2, 0.25) is 0 Å². The van der Waals surface area contributed by atoms with Crippen molar-refractivity contribution in [1.29, 1.82) is 0 Å². The topological polar surface area (TPSA) is 40.5 Å². The number of unbranched alkanes of at least 4 members (excludes halogenated alkanes) is 10. The summed E-state index contributed by atoms with van der Waals surface area (Å²) in [6.45, 7) is 2.26. The minimum atomic E-state index is -0.0773. The second kappa shape index (κ2) is 13.7. The highest BCUT2D eigenvalue weighted by molar-refractivity contribution is 5.62. The van der Waals surface area contributed by atoms with E-state index in [1.165, 1.54) is 70.3 Å². The summed E-state index contributed by atoms with van der Waals surface area (Å²) in [4.78, 5) is 0. The van der Waals surface area contributed by atoms with Crippen molar-refractivity contribution in [2.24, 2.45) is 0 Å². The van der Waals surface area contributed by atoms with Crippen LogP contribution in [0.3, 0.4) is 0 Å². The Morgan fingerprint density at radius 3 is 2.08 bits per heavy atom. The minimum absolute atomic E-state index is 0.0585. The summed E-state index contributed by atoms with van der Waals surface area (Å²) in [6.07, 6.45) is 22.7. The third-order valence-electron chi connectivity index (χ3n) is 4.29. The van der Waals surface area contributed by atoms with Crippen LogP contribution in [0.15, 0.2) is 36.4 Å². The van der Waals surface area contributed by atoms with Crippen LogP contribution in [0.25, 0.3) is 6.08 Å². The van der Waals surface area contributed by atoms with E-state index in [1.807, 2.05) is 18.2 Å². The van der Waals surface area contributed by atoms with Crippen LogP contribution in [0.5, 0.6) is 11.5 Å². The van der Waals surface area contributed by atoms with Gasteiger partial charge in [-0.1, -0.05) is 101 Å². The van der Waals surface area contributed by atoms with E-state index in [2.05, 4.69) is 13.0 Å². The normalized spacial score (nSPS) is 11.7. The molecule has 2 heteroatoms. The fourth-order valence-corrected chi connectivity index (χ4v) is 2.77. The van der Waals surface area contributed by atoms with E-state index in [1.54, 1.807) is 12.1 Å². The first-order chi connectivity index (χ1) is 11.8. The van der Waals surface area contributed by atoms with E-state index < -0.39 is 0 Å². The highest BCUT2D eigenvalue weighted by Crippen LogP contribution is 2.28. The van der Waals surface area contributed by atoms with Gasteiger partial charge in [0.1, 0.15) is 0 Å². The molecule has 0 fully saturated rings. The molecule has 0 radical (unpaired) electrons. The fourth-order valence-electron chi connectivity index (χ4n) is 2.77. The Hall–Kier alpha value is -1.70. The zero-order valence-electron chi connectivity index (χ0n) is 15.2. The maximum absolute atomic E-state index is 9.68. The summed E-state index contributed by atoms with van der Waals surface area (Å²) in [5, 5.41) is 19.1. The molecule has 0 bridgehead atoms. The van der Waals surface area contributed by atoms with Crippen molar-refractivity contribution >= 4 is 6.08 Å². The summed E-state index contributed by atoms with van der Waals surface area (Å²) in [7, 11) is 0. The van der Waals surface area contributed by atoms with Crippen LogP contribution >= 0.6 is 0 Å². The van der Waals surface area contributed by atoms with E-state index in [9.17, 15) is 10.2 Å². The van der Waals surface area contributed by atoms with Crippen LogP contribution in [0, 0.1) is 0 Å². The van der Waals surface area contributed by atoms with Gasteiger partial charge in [-0.2, -0.15) is 0 Å². The average molecular weight is 331 g/mol. The van der Waals surface area contributed by atoms with Crippen LogP contribution in [-0.4, -0.2) is 10.2 Å². The van der Waals surface area contributed by atoms with Crippen molar-refractivity contribution in [1.82, 2.24) is 0 Å². The van der Waals surface area contributed by atoms with E-state index in [4.69, 9.17) is 0 Å². The van der Waals surface area contributed by atoms with Gasteiger partial charge < -0.3 is 10.2 Å². The maximum Gasteiger partial charge on any atom is 0.164 e. The van der Waals surface area contributed by atoms with Crippen molar-refractivity contribution in [3.05, 3.63) is 42.0 Å². The Morgan fingerprint density at radius 1 is 0.792 bits per heavy atom. The predicted molar refractivity (Wildman–Crippen MR) is 104 cm³/mol. The van der Waals surface area contributed by atoms with Crippen LogP contribution in [0.1, 0.15) is 83.1 Å². The smallest absolute Gasteiger partial charge is 0.164 e. The Balaban J connectivity index is 2.00. The quantitative estimate of drug-likeness (QED) is 0.233. The van der Waals surface area contributed by atoms with Gasteiger partial charge in [-0.15, -0.1) is 0 Å². The van der Waals surface area contributed by atoms with Gasteiger partial charge in [-0.05, 0) is 18.9 Å². The lowest BCUT2D eigenvalue weighted by Crippen LogP contribution is -1.81. The first-order valence-electron chi connectivity index (χ1n) is 9.60. The second-order valence-corrected chi connectivity index (χ2v) is 6.47. The molecule has 0 saturated heterocycles. The third kappa shape index (κ3) is 9.44. The molecule has 0 unspecified atom stereocenters. The number of aromatic hydroxyl groups is 2. The molecule has 0 aliphatic carbocycles. The third-order valence-corrected chi connectivity index (χ3v) is 4.29. The van der Waals surface area contributed by atoms with E-state index in [0.717, 1.165) is 6.42 Å². The van der Waals surface area contributed by atoms with E-state index in [-0.39, 0.29) is 11.5 Å². The van der Waals surface area contributed by atoms with Gasteiger partial charge in [0.05, 0.1) is 0 Å². The molecule has 0 aromatic heterocycles. The van der Waals surface area contributed by atoms with E-state index in [0.29, 0.717) is 5.56 Å². The van der Waals surface area contributed by atoms with Gasteiger partial charge in [0.2, 0.25) is 0 Å². The van der Waals surface area contributed by atoms with E-state index >= 15 is 0 Å². The first-order valence-corrected chi connectivity index (χ1v) is 9.60. The zero-order valence-corrected chi connectivity index (χ0v) is 15.2. The molecule has 134 valence electrons. The molecule has 1 rings (SSSR count). The number of benzene rings is 1. The zero-order chi connectivity index (χ0) is 17.5. The van der Waals surface area contributed by atoms with Gasteiger partial charge in [-0.25, -0.2) is 0 Å². The molecule has 0 amide bonds. The number of hydrogen-bond acceptors (Lipinski definition) is 2. The van der Waals surface area contributed by atoms with Crippen molar-refractivity contribution in [3.63, 3.8) is 0 Å². The van der Waals surface area contributed by atoms with Gasteiger partial charge >= 0.3 is 0 Å². The predicted octanol–water partition coefficient (Wildman–Crippen LogP) is 6.98. The highest BCUT2D eigenvalue weighted by Gasteiger charge is 2.00. The number of phenols is 2. The lowest BCUT2D eigenvalue weighted by molar-refractivity contribution is 0.403. The molecule has 0 atom stereocenters. The molecule has 24 heavy (non-hydrogen) atoms. The monoisotopic (exact) mass is 330 g/mol. The molecule has 1 aromatic rings. The van der Waals surface area contributed by atoms with Gasteiger partial charge in [0.25, 0.3) is 0 Å². The van der Waals surface area contributed by atoms with Gasteiger partial charge in [0.15, 0.2) is 11.5 Å². The summed E-state index contributed by atoms with van der Waals surface area (Å²) in [5.41, 5.74) is 0.638. The molecule has 2 nitrogen and oxygen atoms in total. The number of phenolic OH excluding ortho intramolecular Hbond substituents is 2. The molecule has 0 aliphatic rings. The van der Waals surface area contributed by atoms with Crippen molar-refractivity contribution in [2.75, 3.05) is 0 Å². The molecular formula is C22H34O2. The largest absolute Gasteiger partial charge is 0.504 e. The average Bonchev–Trinajstić information content (AvgIpc) is 2.58. The number of rotatable bonds is 13. The molecule has 0 aliphatic heterocycles. The Bertz CT molecular complexity index is 489. The number of hydrogen-bond donors (Lipinski definition) is 2. The fraction of sp³-hybridized carbons (Fsp3) is 0.545. The molecule has 0 heterocycles. The summed E-state index contributed by atoms with van der Waals surface area (Å²) in [6, 6.07) is 4.98. The molecule has 0 spiro atoms. The lowest BCUT2D eigenvalue weighted by Gasteiger charge is -2.01. The van der Waals surface area contributed by atoms with Gasteiger partial charge in [-0.3, -0.25) is 0 Å². The summed E-state index contributed by atoms with van der Waals surface area (Å²) >= 11 is 0. The standard InChI is InChI=1S/C22H34O2/c1-2-3-4-5-6-7-8-9-10-11-12-13-14-15-17-20-18-16-19-21(23)22(20)24/h13-19,23-24H,2-12H2,1H3. The molecule has 0 saturated carbocycles. The Morgan fingerprint density at radius 2 is 1.42 bits per heavy atom. The van der Waals surface area contributed by atoms with Crippen LogP contribution < -0.4 is 0 Å². The molecule has 1 aromatic carbocycles. The maximum atomic E-state index is 9.68.